The summed E-state index contributed by atoms with van der Waals surface area (Å²) in [6.07, 6.45) is 0.704. The number of aryl methyl sites for hydroxylation is 1. The molecular formula is C6H6ClNO. The summed E-state index contributed by atoms with van der Waals surface area (Å²) < 4.78 is 0. The molecule has 0 bridgehead atoms. The van der Waals surface area contributed by atoms with E-state index < -0.39 is 0 Å². The van der Waals surface area contributed by atoms with Gasteiger partial charge in [0, 0.05) is 5.69 Å². The quantitative estimate of drug-likeness (QED) is 0.598. The monoisotopic (exact) mass is 143 g/mol. The molecule has 0 aliphatic rings. The summed E-state index contributed by atoms with van der Waals surface area (Å²) in [5, 5.41) is 0.488. The van der Waals surface area contributed by atoms with E-state index in [1.54, 1.807) is 6.07 Å². The molecule has 1 heterocycles. The third-order valence-corrected chi connectivity index (χ3v) is 1.36. The second kappa shape index (κ2) is 2.23. The summed E-state index contributed by atoms with van der Waals surface area (Å²) in [6.45, 7) is 1.85. The van der Waals surface area contributed by atoms with Gasteiger partial charge in [-0.1, -0.05) is 11.6 Å². The van der Waals surface area contributed by atoms with Crippen LogP contribution in [0, 0.1) is 6.92 Å². The molecule has 1 rings (SSSR count). The van der Waals surface area contributed by atoms with Crippen LogP contribution in [0.3, 0.4) is 0 Å². The molecule has 1 aromatic heterocycles. The number of aromatic nitrogens is 1. The maximum atomic E-state index is 10.1. The molecule has 0 fully saturated rings. The first-order valence-electron chi connectivity index (χ1n) is 2.54. The number of aldehydes is 1. The van der Waals surface area contributed by atoms with Crippen LogP contribution in [-0.2, 0) is 0 Å². The predicted molar refractivity (Wildman–Crippen MR) is 35.9 cm³/mol. The van der Waals surface area contributed by atoms with Crippen LogP contribution >= 0.6 is 11.6 Å². The molecule has 0 aliphatic carbocycles. The van der Waals surface area contributed by atoms with Crippen LogP contribution in [0.15, 0.2) is 6.07 Å². The minimum atomic E-state index is 0.453. The second-order valence-electron chi connectivity index (χ2n) is 1.83. The van der Waals surface area contributed by atoms with Crippen molar-refractivity contribution < 1.29 is 4.79 Å². The van der Waals surface area contributed by atoms with Gasteiger partial charge in [-0.2, -0.15) is 0 Å². The molecule has 0 unspecified atom stereocenters. The number of nitrogens with one attached hydrogen (secondary N) is 1. The number of aromatic amines is 1. The lowest BCUT2D eigenvalue weighted by atomic mass is 10.4. The first-order chi connectivity index (χ1) is 4.24. The van der Waals surface area contributed by atoms with E-state index in [1.165, 1.54) is 0 Å². The van der Waals surface area contributed by atoms with Crippen molar-refractivity contribution >= 4 is 17.9 Å². The third-order valence-electron chi connectivity index (χ3n) is 1.05. The first-order valence-corrected chi connectivity index (χ1v) is 2.92. The van der Waals surface area contributed by atoms with Gasteiger partial charge in [-0.15, -0.1) is 0 Å². The Labute approximate surface area is 57.8 Å². The molecule has 0 saturated heterocycles. The molecule has 48 valence electrons. The summed E-state index contributed by atoms with van der Waals surface area (Å²) in [5.41, 5.74) is 1.36. The van der Waals surface area contributed by atoms with Crippen molar-refractivity contribution in [2.45, 2.75) is 6.92 Å². The van der Waals surface area contributed by atoms with Crippen molar-refractivity contribution in [3.05, 3.63) is 22.5 Å². The molecule has 3 heteroatoms. The van der Waals surface area contributed by atoms with Crippen molar-refractivity contribution in [2.75, 3.05) is 0 Å². The number of rotatable bonds is 1. The highest BCUT2D eigenvalue weighted by molar-refractivity contribution is 6.32. The third kappa shape index (κ3) is 1.13. The number of hydrogen-bond acceptors (Lipinski definition) is 1. The van der Waals surface area contributed by atoms with Crippen LogP contribution in [-0.4, -0.2) is 11.3 Å². The van der Waals surface area contributed by atoms with E-state index in [2.05, 4.69) is 4.98 Å². The van der Waals surface area contributed by atoms with Gasteiger partial charge in [-0.3, -0.25) is 4.79 Å². The largest absolute Gasteiger partial charge is 0.355 e. The maximum Gasteiger partial charge on any atom is 0.167 e. The highest BCUT2D eigenvalue weighted by Crippen LogP contribution is 2.13. The molecule has 0 atom stereocenters. The SMILES string of the molecule is Cc1cc(Cl)c(C=O)[nH]1. The van der Waals surface area contributed by atoms with Gasteiger partial charge >= 0.3 is 0 Å². The van der Waals surface area contributed by atoms with E-state index in [0.29, 0.717) is 17.0 Å². The summed E-state index contributed by atoms with van der Waals surface area (Å²) in [6, 6.07) is 1.71. The smallest absolute Gasteiger partial charge is 0.167 e. The maximum absolute atomic E-state index is 10.1. The number of hydrogen-bond donors (Lipinski definition) is 1. The van der Waals surface area contributed by atoms with E-state index in [-0.39, 0.29) is 0 Å². The van der Waals surface area contributed by atoms with Crippen molar-refractivity contribution in [2.24, 2.45) is 0 Å². The normalized spacial score (nSPS) is 9.56. The number of carbonyl (C=O) groups excluding carboxylic acids is 1. The van der Waals surface area contributed by atoms with Crippen LogP contribution in [0.2, 0.25) is 5.02 Å². The fraction of sp³-hybridized carbons (Fsp3) is 0.167. The average molecular weight is 144 g/mol. The molecule has 0 saturated carbocycles. The highest BCUT2D eigenvalue weighted by atomic mass is 35.5. The summed E-state index contributed by atoms with van der Waals surface area (Å²) in [4.78, 5) is 12.9. The molecule has 0 amide bonds. The minimum Gasteiger partial charge on any atom is -0.355 e. The average Bonchev–Trinajstić information content (AvgIpc) is 2.10. The fourth-order valence-corrected chi connectivity index (χ4v) is 0.917. The van der Waals surface area contributed by atoms with Crippen molar-refractivity contribution in [3.63, 3.8) is 0 Å². The summed E-state index contributed by atoms with van der Waals surface area (Å²) in [7, 11) is 0. The molecule has 1 N–H and O–H groups in total. The lowest BCUT2D eigenvalue weighted by Gasteiger charge is -1.79. The van der Waals surface area contributed by atoms with Gasteiger partial charge in [0.15, 0.2) is 6.29 Å². The van der Waals surface area contributed by atoms with Gasteiger partial charge in [0.1, 0.15) is 0 Å². The standard InChI is InChI=1S/C6H6ClNO/c1-4-2-5(7)6(3-9)8-4/h2-3,8H,1H3. The van der Waals surface area contributed by atoms with Crippen molar-refractivity contribution in [1.29, 1.82) is 0 Å². The van der Waals surface area contributed by atoms with E-state index in [9.17, 15) is 4.79 Å². The summed E-state index contributed by atoms with van der Waals surface area (Å²) in [5.74, 6) is 0. The van der Waals surface area contributed by atoms with Crippen LogP contribution in [0.25, 0.3) is 0 Å². The molecule has 0 radical (unpaired) electrons. The highest BCUT2D eigenvalue weighted by Gasteiger charge is 1.99. The van der Waals surface area contributed by atoms with Crippen molar-refractivity contribution in [3.8, 4) is 0 Å². The van der Waals surface area contributed by atoms with Crippen LogP contribution < -0.4 is 0 Å². The lowest BCUT2D eigenvalue weighted by Crippen LogP contribution is -1.78. The van der Waals surface area contributed by atoms with Gasteiger partial charge in [-0.25, -0.2) is 0 Å². The van der Waals surface area contributed by atoms with Gasteiger partial charge < -0.3 is 4.98 Å². The molecule has 0 spiro atoms. The van der Waals surface area contributed by atoms with E-state index >= 15 is 0 Å². The molecule has 9 heavy (non-hydrogen) atoms. The molecular weight excluding hydrogens is 138 g/mol. The predicted octanol–water partition coefficient (Wildman–Crippen LogP) is 1.79. The minimum absolute atomic E-state index is 0.453. The van der Waals surface area contributed by atoms with E-state index in [1.807, 2.05) is 6.92 Å². The fourth-order valence-electron chi connectivity index (χ4n) is 0.662. The Hall–Kier alpha value is -0.760. The Morgan fingerprint density at radius 3 is 2.67 bits per heavy atom. The molecule has 0 aromatic carbocycles. The van der Waals surface area contributed by atoms with Gasteiger partial charge in [0.05, 0.1) is 10.7 Å². The Morgan fingerprint density at radius 1 is 1.78 bits per heavy atom. The molecule has 1 aromatic rings. The number of H-pyrrole nitrogens is 1. The van der Waals surface area contributed by atoms with Gasteiger partial charge in [0.2, 0.25) is 0 Å². The summed E-state index contributed by atoms with van der Waals surface area (Å²) >= 11 is 5.58. The van der Waals surface area contributed by atoms with E-state index in [0.717, 1.165) is 5.69 Å². The zero-order valence-corrected chi connectivity index (χ0v) is 5.70. The van der Waals surface area contributed by atoms with Crippen LogP contribution in [0.1, 0.15) is 16.2 Å². The lowest BCUT2D eigenvalue weighted by molar-refractivity contribution is 0.111. The van der Waals surface area contributed by atoms with Crippen molar-refractivity contribution in [1.82, 2.24) is 4.98 Å². The zero-order valence-electron chi connectivity index (χ0n) is 4.94. The first kappa shape index (κ1) is 6.36. The molecule has 0 aliphatic heterocycles. The van der Waals surface area contributed by atoms with Crippen LogP contribution in [0.5, 0.6) is 0 Å². The topological polar surface area (TPSA) is 32.9 Å². The van der Waals surface area contributed by atoms with Gasteiger partial charge in [0.25, 0.3) is 0 Å². The number of carbonyl (C=O) groups is 1. The Balaban J connectivity index is 3.15. The van der Waals surface area contributed by atoms with Crippen LogP contribution in [0.4, 0.5) is 0 Å². The Morgan fingerprint density at radius 2 is 2.44 bits per heavy atom. The second-order valence-corrected chi connectivity index (χ2v) is 2.24. The van der Waals surface area contributed by atoms with E-state index in [4.69, 9.17) is 11.6 Å². The number of halogens is 1. The molecule has 2 nitrogen and oxygen atoms in total. The Bertz CT molecular complexity index is 229. The van der Waals surface area contributed by atoms with Gasteiger partial charge in [-0.05, 0) is 13.0 Å². The zero-order chi connectivity index (χ0) is 6.85. The Kier molecular flexibility index (Phi) is 1.58.